The fourth-order valence-corrected chi connectivity index (χ4v) is 2.45. The van der Waals surface area contributed by atoms with E-state index in [0.29, 0.717) is 10.6 Å². The maximum Gasteiger partial charge on any atom is 0.282 e. The second kappa shape index (κ2) is 5.33. The first-order chi connectivity index (χ1) is 8.58. The molecule has 2 aromatic carbocycles. The van der Waals surface area contributed by atoms with Crippen molar-refractivity contribution in [3.63, 3.8) is 0 Å². The lowest BCUT2D eigenvalue weighted by atomic mass is 10.2. The van der Waals surface area contributed by atoms with Gasteiger partial charge in [-0.15, -0.1) is 0 Å². The summed E-state index contributed by atoms with van der Waals surface area (Å²) in [5.41, 5.74) is 0.641. The van der Waals surface area contributed by atoms with Gasteiger partial charge in [0.25, 0.3) is 10.0 Å². The Morgan fingerprint density at radius 1 is 1.00 bits per heavy atom. The monoisotopic (exact) mass is 279 g/mol. The molecule has 0 aliphatic carbocycles. The Morgan fingerprint density at radius 3 is 2.39 bits per heavy atom. The third-order valence-electron chi connectivity index (χ3n) is 2.23. The van der Waals surface area contributed by atoms with Crippen molar-refractivity contribution in [3.8, 4) is 0 Å². The van der Waals surface area contributed by atoms with E-state index in [-0.39, 0.29) is 4.90 Å². The molecule has 2 rings (SSSR count). The molecule has 0 aliphatic rings. The van der Waals surface area contributed by atoms with Gasteiger partial charge in [-0.2, -0.15) is 12.8 Å². The molecule has 0 spiro atoms. The van der Waals surface area contributed by atoms with Crippen LogP contribution in [0.1, 0.15) is 5.56 Å². The molecule has 3 nitrogen and oxygen atoms in total. The van der Waals surface area contributed by atoms with Crippen LogP contribution in [0.25, 0.3) is 0 Å². The van der Waals surface area contributed by atoms with Gasteiger partial charge in [-0.25, -0.2) is 0 Å². The summed E-state index contributed by atoms with van der Waals surface area (Å²) in [4.78, 5) is 0.170. The Hall–Kier alpha value is -1.65. The van der Waals surface area contributed by atoms with Crippen molar-refractivity contribution in [2.45, 2.75) is 4.90 Å². The summed E-state index contributed by atoms with van der Waals surface area (Å²) < 4.78 is 27.3. The molecule has 0 heterocycles. The van der Waals surface area contributed by atoms with Gasteiger partial charge in [-0.1, -0.05) is 41.9 Å². The number of hydrogen-bond donors (Lipinski definition) is 0. The molecule has 0 bridgehead atoms. The molecule has 0 saturated carbocycles. The Labute approximate surface area is 111 Å². The highest BCUT2D eigenvalue weighted by Gasteiger charge is 2.09. The van der Waals surface area contributed by atoms with Crippen LogP contribution in [0.3, 0.4) is 0 Å². The van der Waals surface area contributed by atoms with Crippen molar-refractivity contribution in [1.29, 1.82) is 0 Å². The van der Waals surface area contributed by atoms with Gasteiger partial charge in [0.1, 0.15) is 0 Å². The normalized spacial score (nSPS) is 11.8. The zero-order valence-electron chi connectivity index (χ0n) is 9.32. The van der Waals surface area contributed by atoms with Crippen molar-refractivity contribution in [3.05, 3.63) is 65.2 Å². The van der Waals surface area contributed by atoms with E-state index in [1.54, 1.807) is 42.5 Å². The lowest BCUT2D eigenvalue weighted by Gasteiger charge is -1.97. The van der Waals surface area contributed by atoms with Gasteiger partial charge in [0.15, 0.2) is 0 Å². The van der Waals surface area contributed by atoms with Gasteiger partial charge in [-0.3, -0.25) is 0 Å². The van der Waals surface area contributed by atoms with Crippen LogP contribution in [0.2, 0.25) is 5.02 Å². The summed E-state index contributed by atoms with van der Waals surface area (Å²) in [7, 11) is -3.64. The standard InChI is InChI=1S/C13H10ClNO2S/c14-12-6-4-5-11(9-12)10-15-18(16,17)13-7-2-1-3-8-13/h1-10H/b15-10+. The smallest absolute Gasteiger partial charge is 0.199 e. The summed E-state index contributed by atoms with van der Waals surface area (Å²) in [6.07, 6.45) is 1.29. The van der Waals surface area contributed by atoms with Gasteiger partial charge in [-0.05, 0) is 29.8 Å². The fourth-order valence-electron chi connectivity index (χ4n) is 1.37. The van der Waals surface area contributed by atoms with Crippen LogP contribution >= 0.6 is 11.6 Å². The van der Waals surface area contributed by atoms with Gasteiger partial charge in [0.2, 0.25) is 0 Å². The summed E-state index contributed by atoms with van der Waals surface area (Å²) in [5.74, 6) is 0. The molecule has 0 atom stereocenters. The minimum absolute atomic E-state index is 0.170. The Morgan fingerprint density at radius 2 is 1.72 bits per heavy atom. The Bertz CT molecular complexity index is 666. The first-order valence-electron chi connectivity index (χ1n) is 5.19. The molecule has 0 aromatic heterocycles. The van der Waals surface area contributed by atoms with Crippen LogP contribution in [0.5, 0.6) is 0 Å². The predicted molar refractivity (Wildman–Crippen MR) is 72.7 cm³/mol. The molecule has 2 aromatic rings. The summed E-state index contributed by atoms with van der Waals surface area (Å²) in [6, 6.07) is 14.9. The van der Waals surface area contributed by atoms with Crippen molar-refractivity contribution in [2.24, 2.45) is 4.40 Å². The molecular formula is C13H10ClNO2S. The largest absolute Gasteiger partial charge is 0.282 e. The highest BCUT2D eigenvalue weighted by Crippen LogP contribution is 2.12. The lowest BCUT2D eigenvalue weighted by Crippen LogP contribution is -1.97. The van der Waals surface area contributed by atoms with Crippen LogP contribution in [0, 0.1) is 0 Å². The second-order valence-electron chi connectivity index (χ2n) is 3.58. The fraction of sp³-hybridized carbons (Fsp3) is 0. The van der Waals surface area contributed by atoms with E-state index in [2.05, 4.69) is 4.40 Å². The molecule has 5 heteroatoms. The average Bonchev–Trinajstić information content (AvgIpc) is 2.38. The lowest BCUT2D eigenvalue weighted by molar-refractivity contribution is 0.598. The first kappa shape index (κ1) is 12.8. The topological polar surface area (TPSA) is 46.5 Å². The third-order valence-corrected chi connectivity index (χ3v) is 3.72. The zero-order chi connectivity index (χ0) is 13.0. The van der Waals surface area contributed by atoms with Crippen molar-refractivity contribution < 1.29 is 8.42 Å². The van der Waals surface area contributed by atoms with Gasteiger partial charge < -0.3 is 0 Å². The first-order valence-corrected chi connectivity index (χ1v) is 7.01. The third kappa shape index (κ3) is 3.18. The Balaban J connectivity index is 2.29. The molecule has 92 valence electrons. The number of nitrogens with zero attached hydrogens (tertiary/aromatic N) is 1. The number of sulfonamides is 1. The maximum atomic E-state index is 11.9. The van der Waals surface area contributed by atoms with E-state index >= 15 is 0 Å². The molecule has 0 unspecified atom stereocenters. The average molecular weight is 280 g/mol. The van der Waals surface area contributed by atoms with E-state index < -0.39 is 10.0 Å². The molecule has 0 amide bonds. The van der Waals surface area contributed by atoms with Crippen LogP contribution in [-0.2, 0) is 10.0 Å². The van der Waals surface area contributed by atoms with E-state index in [4.69, 9.17) is 11.6 Å². The van der Waals surface area contributed by atoms with E-state index in [1.807, 2.05) is 0 Å². The highest BCUT2D eigenvalue weighted by molar-refractivity contribution is 7.90. The van der Waals surface area contributed by atoms with Crippen molar-refractivity contribution in [2.75, 3.05) is 0 Å². The molecule has 0 fully saturated rings. The number of rotatable bonds is 3. The molecule has 0 aliphatic heterocycles. The van der Waals surface area contributed by atoms with E-state index in [9.17, 15) is 8.42 Å². The molecule has 0 saturated heterocycles. The van der Waals surface area contributed by atoms with Crippen LogP contribution < -0.4 is 0 Å². The predicted octanol–water partition coefficient (Wildman–Crippen LogP) is 3.15. The van der Waals surface area contributed by atoms with Crippen molar-refractivity contribution in [1.82, 2.24) is 0 Å². The molecule has 0 N–H and O–H groups in total. The summed E-state index contributed by atoms with van der Waals surface area (Å²) in [5, 5.41) is 0.538. The quantitative estimate of drug-likeness (QED) is 0.810. The van der Waals surface area contributed by atoms with Crippen LogP contribution in [0.15, 0.2) is 63.9 Å². The van der Waals surface area contributed by atoms with Gasteiger partial charge in [0, 0.05) is 11.2 Å². The molecule has 0 radical (unpaired) electrons. The molecular weight excluding hydrogens is 270 g/mol. The van der Waals surface area contributed by atoms with Gasteiger partial charge >= 0.3 is 0 Å². The maximum absolute atomic E-state index is 11.9. The number of halogens is 1. The van der Waals surface area contributed by atoms with E-state index in [1.165, 1.54) is 18.3 Å². The zero-order valence-corrected chi connectivity index (χ0v) is 10.9. The molecule has 18 heavy (non-hydrogen) atoms. The SMILES string of the molecule is O=S(=O)(/N=C/c1cccc(Cl)c1)c1ccccc1. The number of benzene rings is 2. The van der Waals surface area contributed by atoms with Crippen LogP contribution in [-0.4, -0.2) is 14.6 Å². The summed E-state index contributed by atoms with van der Waals surface area (Å²) in [6.45, 7) is 0. The Kier molecular flexibility index (Phi) is 3.79. The van der Waals surface area contributed by atoms with Gasteiger partial charge in [0.05, 0.1) is 4.90 Å². The second-order valence-corrected chi connectivity index (χ2v) is 5.65. The minimum atomic E-state index is -3.64. The minimum Gasteiger partial charge on any atom is -0.199 e. The summed E-state index contributed by atoms with van der Waals surface area (Å²) >= 11 is 5.80. The van der Waals surface area contributed by atoms with Crippen molar-refractivity contribution >= 4 is 27.8 Å². The highest BCUT2D eigenvalue weighted by atomic mass is 35.5. The number of hydrogen-bond acceptors (Lipinski definition) is 2. The van der Waals surface area contributed by atoms with E-state index in [0.717, 1.165) is 0 Å². The van der Waals surface area contributed by atoms with Crippen LogP contribution in [0.4, 0.5) is 0 Å².